The molecule has 0 atom stereocenters. The summed E-state index contributed by atoms with van der Waals surface area (Å²) < 4.78 is 5.47. The summed E-state index contributed by atoms with van der Waals surface area (Å²) in [4.78, 5) is 0. The van der Waals surface area contributed by atoms with Gasteiger partial charge in [-0.3, -0.25) is 0 Å². The molecule has 0 aliphatic rings. The third kappa shape index (κ3) is 5.54. The molecular formula is C30H50N2Si2. The first kappa shape index (κ1) is 28.5. The highest BCUT2D eigenvalue weighted by Gasteiger charge is 2.35. The Morgan fingerprint density at radius 3 is 1.00 bits per heavy atom. The summed E-state index contributed by atoms with van der Waals surface area (Å²) in [6.07, 6.45) is 0. The summed E-state index contributed by atoms with van der Waals surface area (Å²) in [6.45, 7) is 25.6. The molecule has 0 saturated carbocycles. The molecule has 0 amide bonds. The second-order valence-electron chi connectivity index (χ2n) is 9.63. The number of nitrogens with zero attached hydrogens (tertiary/aromatic N) is 2. The van der Waals surface area contributed by atoms with Gasteiger partial charge in [0.25, 0.3) is 0 Å². The van der Waals surface area contributed by atoms with Crippen LogP contribution in [-0.4, -0.2) is 29.6 Å². The lowest BCUT2D eigenvalue weighted by molar-refractivity contribution is 0.984. The van der Waals surface area contributed by atoms with Crippen LogP contribution in [0.3, 0.4) is 0 Å². The molecule has 0 heterocycles. The number of hydrogen-bond acceptors (Lipinski definition) is 2. The van der Waals surface area contributed by atoms with Gasteiger partial charge in [0.1, 0.15) is 0 Å². The molecule has 0 radical (unpaired) electrons. The summed E-state index contributed by atoms with van der Waals surface area (Å²) in [6, 6.07) is 26.2. The Kier molecular flexibility index (Phi) is 10.7. The molecular weight excluding hydrogens is 445 g/mol. The predicted molar refractivity (Wildman–Crippen MR) is 161 cm³/mol. The van der Waals surface area contributed by atoms with Crippen LogP contribution in [0.25, 0.3) is 5.57 Å². The molecule has 0 aliphatic heterocycles. The number of rotatable bonds is 14. The van der Waals surface area contributed by atoms with Crippen LogP contribution in [-0.2, 0) is 0 Å². The molecule has 0 aromatic heterocycles. The van der Waals surface area contributed by atoms with Crippen molar-refractivity contribution in [1.82, 2.24) is 0 Å². The van der Waals surface area contributed by atoms with Crippen molar-refractivity contribution in [3.05, 3.63) is 66.2 Å². The lowest BCUT2D eigenvalue weighted by Gasteiger charge is -2.42. The minimum Gasteiger partial charge on any atom is -0.397 e. The van der Waals surface area contributed by atoms with E-state index in [9.17, 15) is 0 Å². The van der Waals surface area contributed by atoms with Gasteiger partial charge in [-0.05, 0) is 91.1 Å². The van der Waals surface area contributed by atoms with E-state index in [1.165, 1.54) is 58.8 Å². The molecule has 0 unspecified atom stereocenters. The number of benzene rings is 2. The zero-order chi connectivity index (χ0) is 25.4. The van der Waals surface area contributed by atoms with E-state index in [1.807, 2.05) is 0 Å². The maximum atomic E-state index is 4.47. The van der Waals surface area contributed by atoms with Crippen LogP contribution in [0.15, 0.2) is 55.1 Å². The third-order valence-corrected chi connectivity index (χ3v) is 20.1. The van der Waals surface area contributed by atoms with E-state index < -0.39 is 16.5 Å². The molecule has 2 rings (SSSR count). The summed E-state index contributed by atoms with van der Waals surface area (Å²) in [7, 11) is -2.87. The lowest BCUT2D eigenvalue weighted by atomic mass is 9.99. The van der Waals surface area contributed by atoms with Gasteiger partial charge < -0.3 is 9.13 Å². The molecule has 0 fully saturated rings. The van der Waals surface area contributed by atoms with Crippen molar-refractivity contribution < 1.29 is 0 Å². The quantitative estimate of drug-likeness (QED) is 0.241. The maximum Gasteiger partial charge on any atom is 0.155 e. The summed E-state index contributed by atoms with van der Waals surface area (Å²) in [5.74, 6) is 0. The molecule has 34 heavy (non-hydrogen) atoms. The number of hydrogen-bond donors (Lipinski definition) is 0. The monoisotopic (exact) mass is 494 g/mol. The zero-order valence-electron chi connectivity index (χ0n) is 23.4. The zero-order valence-corrected chi connectivity index (χ0v) is 25.4. The fourth-order valence-electron chi connectivity index (χ4n) is 6.08. The van der Waals surface area contributed by atoms with Crippen LogP contribution in [0.1, 0.15) is 66.5 Å². The van der Waals surface area contributed by atoms with Gasteiger partial charge in [-0.15, -0.1) is 0 Å². The lowest BCUT2D eigenvalue weighted by Crippen LogP contribution is -2.52. The largest absolute Gasteiger partial charge is 0.397 e. The van der Waals surface area contributed by atoms with Gasteiger partial charge >= 0.3 is 0 Å². The molecule has 2 aromatic rings. The second-order valence-corrected chi connectivity index (χ2v) is 19.9. The molecule has 0 N–H and O–H groups in total. The minimum absolute atomic E-state index is 1.09. The SMILES string of the molecule is C=C(c1ccc(N(CC)[Si](CC)(CC)CC)cc1)c1ccc(N(CC)[Si](CC)(CC)CC)cc1. The van der Waals surface area contributed by atoms with Gasteiger partial charge in [0.05, 0.1) is 0 Å². The highest BCUT2D eigenvalue weighted by atomic mass is 28.3. The molecule has 0 spiro atoms. The van der Waals surface area contributed by atoms with Crippen molar-refractivity contribution in [1.29, 1.82) is 0 Å². The normalized spacial score (nSPS) is 12.0. The maximum absolute atomic E-state index is 4.47. The van der Waals surface area contributed by atoms with Gasteiger partial charge in [0.2, 0.25) is 0 Å². The summed E-state index contributed by atoms with van der Waals surface area (Å²) in [5, 5.41) is 0. The van der Waals surface area contributed by atoms with Crippen LogP contribution in [0.5, 0.6) is 0 Å². The first-order chi connectivity index (χ1) is 16.3. The highest BCUT2D eigenvalue weighted by molar-refractivity contribution is 6.83. The van der Waals surface area contributed by atoms with E-state index in [0.29, 0.717) is 0 Å². The molecule has 4 heteroatoms. The fraction of sp³-hybridized carbons (Fsp3) is 0.533. The Hall–Kier alpha value is -1.79. The Morgan fingerprint density at radius 2 is 0.794 bits per heavy atom. The fourth-order valence-corrected chi connectivity index (χ4v) is 14.1. The smallest absolute Gasteiger partial charge is 0.155 e. The van der Waals surface area contributed by atoms with Crippen molar-refractivity contribution in [2.45, 2.75) is 91.7 Å². The highest BCUT2D eigenvalue weighted by Crippen LogP contribution is 2.34. The van der Waals surface area contributed by atoms with E-state index in [0.717, 1.165) is 18.7 Å². The Morgan fingerprint density at radius 1 is 0.529 bits per heavy atom. The topological polar surface area (TPSA) is 6.48 Å². The van der Waals surface area contributed by atoms with Crippen molar-refractivity contribution >= 4 is 33.4 Å². The van der Waals surface area contributed by atoms with Crippen LogP contribution in [0.4, 0.5) is 11.4 Å². The van der Waals surface area contributed by atoms with Crippen LogP contribution in [0.2, 0.25) is 36.3 Å². The first-order valence-electron chi connectivity index (χ1n) is 13.8. The van der Waals surface area contributed by atoms with Crippen molar-refractivity contribution in [3.8, 4) is 0 Å². The van der Waals surface area contributed by atoms with E-state index in [4.69, 9.17) is 0 Å². The van der Waals surface area contributed by atoms with E-state index in [2.05, 4.69) is 120 Å². The molecule has 0 bridgehead atoms. The minimum atomic E-state index is -1.43. The molecule has 2 nitrogen and oxygen atoms in total. The standard InChI is InChI=1S/C30H50N2Si2/c1-10-31(33(12-3,13-4)14-5)29-22-18-27(19-23-29)26(9)28-20-24-30(25-21-28)32(11-2)34(15-6,16-7)17-8/h18-25H,9-17H2,1-8H3. The van der Waals surface area contributed by atoms with E-state index >= 15 is 0 Å². The van der Waals surface area contributed by atoms with E-state index in [-0.39, 0.29) is 0 Å². The Bertz CT molecular complexity index is 791. The average molecular weight is 495 g/mol. The average Bonchev–Trinajstić information content (AvgIpc) is 2.90. The molecule has 0 saturated heterocycles. The second kappa shape index (κ2) is 12.8. The molecule has 188 valence electrons. The van der Waals surface area contributed by atoms with Gasteiger partial charge in [-0.2, -0.15) is 0 Å². The molecule has 0 aliphatic carbocycles. The summed E-state index contributed by atoms with van der Waals surface area (Å²) in [5.41, 5.74) is 6.31. The van der Waals surface area contributed by atoms with E-state index in [1.54, 1.807) is 0 Å². The Balaban J connectivity index is 2.28. The van der Waals surface area contributed by atoms with Gasteiger partial charge in [0.15, 0.2) is 16.5 Å². The summed E-state index contributed by atoms with van der Waals surface area (Å²) >= 11 is 0. The van der Waals surface area contributed by atoms with Crippen molar-refractivity contribution in [2.75, 3.05) is 22.2 Å². The van der Waals surface area contributed by atoms with Crippen LogP contribution >= 0.6 is 0 Å². The van der Waals surface area contributed by atoms with Gasteiger partial charge in [0, 0.05) is 24.5 Å². The van der Waals surface area contributed by atoms with Gasteiger partial charge in [-0.1, -0.05) is 72.4 Å². The van der Waals surface area contributed by atoms with Crippen LogP contribution in [0, 0.1) is 0 Å². The number of anilines is 2. The Labute approximate surface area is 213 Å². The third-order valence-electron chi connectivity index (χ3n) is 8.78. The predicted octanol–water partition coefficient (Wildman–Crippen LogP) is 9.41. The van der Waals surface area contributed by atoms with Crippen LogP contribution < -0.4 is 9.13 Å². The van der Waals surface area contributed by atoms with Crippen molar-refractivity contribution in [3.63, 3.8) is 0 Å². The first-order valence-corrected chi connectivity index (χ1v) is 18.9. The van der Waals surface area contributed by atoms with Crippen molar-refractivity contribution in [2.24, 2.45) is 0 Å². The molecule has 2 aromatic carbocycles. The van der Waals surface area contributed by atoms with Gasteiger partial charge in [-0.25, -0.2) is 0 Å².